The molecule has 0 radical (unpaired) electrons. The predicted molar refractivity (Wildman–Crippen MR) is 41.4 cm³/mol. The molecule has 1 N–H and O–H groups in total. The van der Waals surface area contributed by atoms with E-state index in [1.165, 1.54) is 11.3 Å². The normalized spacial score (nSPS) is 9.20. The Morgan fingerprint density at radius 2 is 2.40 bits per heavy atom. The Morgan fingerprint density at radius 3 is 2.80 bits per heavy atom. The van der Waals surface area contributed by atoms with Crippen LogP contribution >= 0.6 is 11.3 Å². The molecule has 0 saturated carbocycles. The number of carbonyl (C=O) groups is 1. The summed E-state index contributed by atoms with van der Waals surface area (Å²) in [6, 6.07) is 0. The molecule has 0 amide bonds. The van der Waals surface area contributed by atoms with Gasteiger partial charge in [0.15, 0.2) is 0 Å². The molecule has 0 spiro atoms. The van der Waals surface area contributed by atoms with E-state index in [4.69, 9.17) is 5.11 Å². The van der Waals surface area contributed by atoms with Crippen LogP contribution in [0.15, 0.2) is 17.3 Å². The van der Waals surface area contributed by atoms with Gasteiger partial charge in [0.05, 0.1) is 5.56 Å². The maximum Gasteiger partial charge on any atom is 0.337 e. The van der Waals surface area contributed by atoms with Gasteiger partial charge in [-0.1, -0.05) is 12.7 Å². The van der Waals surface area contributed by atoms with Crippen LogP contribution in [0.3, 0.4) is 0 Å². The molecule has 0 aliphatic rings. The molecule has 3 heteroatoms. The highest BCUT2D eigenvalue weighted by molar-refractivity contribution is 7.08. The minimum absolute atomic E-state index is 0.333. The molecule has 0 aliphatic carbocycles. The van der Waals surface area contributed by atoms with Gasteiger partial charge in [-0.25, -0.2) is 4.79 Å². The third kappa shape index (κ3) is 1.09. The molecule has 0 aliphatic heterocycles. The topological polar surface area (TPSA) is 37.3 Å². The van der Waals surface area contributed by atoms with Gasteiger partial charge in [-0.05, 0) is 10.9 Å². The van der Waals surface area contributed by atoms with Crippen molar-refractivity contribution in [1.82, 2.24) is 0 Å². The van der Waals surface area contributed by atoms with E-state index in [0.29, 0.717) is 11.1 Å². The van der Waals surface area contributed by atoms with Crippen molar-refractivity contribution in [1.29, 1.82) is 0 Å². The predicted octanol–water partition coefficient (Wildman–Crippen LogP) is 2.09. The molecule has 0 fully saturated rings. The van der Waals surface area contributed by atoms with E-state index in [1.807, 2.05) is 0 Å². The summed E-state index contributed by atoms with van der Waals surface area (Å²) in [4.78, 5) is 10.4. The maximum atomic E-state index is 10.4. The average Bonchev–Trinajstić information content (AvgIpc) is 2.33. The SMILES string of the molecule is C=Cc1cscc1C(=O)O. The van der Waals surface area contributed by atoms with E-state index in [0.717, 1.165) is 0 Å². The highest BCUT2D eigenvalue weighted by Crippen LogP contribution is 2.15. The van der Waals surface area contributed by atoms with Crippen LogP contribution in [0.25, 0.3) is 6.08 Å². The Balaban J connectivity index is 3.13. The highest BCUT2D eigenvalue weighted by atomic mass is 32.1. The number of carboxylic acid groups (broad SMARTS) is 1. The van der Waals surface area contributed by atoms with Crippen LogP contribution in [0.5, 0.6) is 0 Å². The van der Waals surface area contributed by atoms with E-state index in [9.17, 15) is 4.79 Å². The summed E-state index contributed by atoms with van der Waals surface area (Å²) >= 11 is 1.37. The van der Waals surface area contributed by atoms with Crippen LogP contribution in [-0.4, -0.2) is 11.1 Å². The first-order chi connectivity index (χ1) is 4.75. The fraction of sp³-hybridized carbons (Fsp3) is 0. The maximum absolute atomic E-state index is 10.4. The Bertz CT molecular complexity index is 262. The summed E-state index contributed by atoms with van der Waals surface area (Å²) in [7, 11) is 0. The molecule has 0 bridgehead atoms. The average molecular weight is 154 g/mol. The lowest BCUT2D eigenvalue weighted by molar-refractivity contribution is 0.0697. The lowest BCUT2D eigenvalue weighted by atomic mass is 10.2. The van der Waals surface area contributed by atoms with E-state index in [2.05, 4.69) is 6.58 Å². The van der Waals surface area contributed by atoms with E-state index in [-0.39, 0.29) is 0 Å². The first kappa shape index (κ1) is 7.02. The summed E-state index contributed by atoms with van der Waals surface area (Å²) in [6.45, 7) is 3.49. The Morgan fingerprint density at radius 1 is 1.70 bits per heavy atom. The van der Waals surface area contributed by atoms with Gasteiger partial charge < -0.3 is 5.11 Å². The van der Waals surface area contributed by atoms with Crippen LogP contribution in [0.1, 0.15) is 15.9 Å². The Kier molecular flexibility index (Phi) is 1.87. The second-order valence-electron chi connectivity index (χ2n) is 1.75. The monoisotopic (exact) mass is 154 g/mol. The first-order valence-electron chi connectivity index (χ1n) is 2.67. The fourth-order valence-corrected chi connectivity index (χ4v) is 1.45. The van der Waals surface area contributed by atoms with Gasteiger partial charge in [-0.3, -0.25) is 0 Å². The molecular formula is C7H6O2S. The van der Waals surface area contributed by atoms with Crippen molar-refractivity contribution >= 4 is 23.4 Å². The van der Waals surface area contributed by atoms with Crippen molar-refractivity contribution in [3.63, 3.8) is 0 Å². The molecule has 52 valence electrons. The lowest BCUT2D eigenvalue weighted by Crippen LogP contribution is -1.94. The first-order valence-corrected chi connectivity index (χ1v) is 3.62. The lowest BCUT2D eigenvalue weighted by Gasteiger charge is -1.88. The summed E-state index contributed by atoms with van der Waals surface area (Å²) in [5.41, 5.74) is 1.03. The summed E-state index contributed by atoms with van der Waals surface area (Å²) in [6.07, 6.45) is 1.54. The zero-order chi connectivity index (χ0) is 7.56. The second kappa shape index (κ2) is 2.66. The second-order valence-corrected chi connectivity index (χ2v) is 2.49. The molecule has 0 unspecified atom stereocenters. The molecule has 0 aromatic carbocycles. The molecule has 1 heterocycles. The van der Waals surface area contributed by atoms with Gasteiger partial charge in [-0.15, -0.1) is 0 Å². The summed E-state index contributed by atoms with van der Waals surface area (Å²) in [5, 5.41) is 11.9. The molecule has 1 aromatic rings. The summed E-state index contributed by atoms with van der Waals surface area (Å²) in [5.74, 6) is -0.892. The number of hydrogen-bond donors (Lipinski definition) is 1. The van der Waals surface area contributed by atoms with E-state index in [1.54, 1.807) is 16.8 Å². The van der Waals surface area contributed by atoms with Crippen LogP contribution in [0.2, 0.25) is 0 Å². The summed E-state index contributed by atoms with van der Waals surface area (Å²) < 4.78 is 0. The Hall–Kier alpha value is -1.09. The Labute approximate surface area is 62.4 Å². The van der Waals surface area contributed by atoms with Crippen molar-refractivity contribution in [2.75, 3.05) is 0 Å². The molecule has 1 aromatic heterocycles. The third-order valence-electron chi connectivity index (χ3n) is 1.14. The van der Waals surface area contributed by atoms with Gasteiger partial charge in [0.2, 0.25) is 0 Å². The third-order valence-corrected chi connectivity index (χ3v) is 1.90. The quantitative estimate of drug-likeness (QED) is 0.708. The van der Waals surface area contributed by atoms with E-state index < -0.39 is 5.97 Å². The fourth-order valence-electron chi connectivity index (χ4n) is 0.639. The van der Waals surface area contributed by atoms with Crippen molar-refractivity contribution in [2.24, 2.45) is 0 Å². The van der Waals surface area contributed by atoms with Crippen LogP contribution < -0.4 is 0 Å². The van der Waals surface area contributed by atoms with Crippen LogP contribution in [0, 0.1) is 0 Å². The standard InChI is InChI=1S/C7H6O2S/c1-2-5-3-10-4-6(5)7(8)9/h2-4H,1H2,(H,8,9). The van der Waals surface area contributed by atoms with Crippen molar-refractivity contribution < 1.29 is 9.90 Å². The number of carboxylic acids is 1. The number of thiophene rings is 1. The van der Waals surface area contributed by atoms with Gasteiger partial charge in [0.1, 0.15) is 0 Å². The highest BCUT2D eigenvalue weighted by Gasteiger charge is 2.06. The van der Waals surface area contributed by atoms with Crippen LogP contribution in [-0.2, 0) is 0 Å². The largest absolute Gasteiger partial charge is 0.478 e. The van der Waals surface area contributed by atoms with Gasteiger partial charge in [0.25, 0.3) is 0 Å². The zero-order valence-corrected chi connectivity index (χ0v) is 6.02. The molecule has 1 rings (SSSR count). The van der Waals surface area contributed by atoms with Gasteiger partial charge >= 0.3 is 5.97 Å². The van der Waals surface area contributed by atoms with E-state index >= 15 is 0 Å². The molecular weight excluding hydrogens is 148 g/mol. The van der Waals surface area contributed by atoms with Crippen molar-refractivity contribution in [2.45, 2.75) is 0 Å². The number of aromatic carboxylic acids is 1. The minimum Gasteiger partial charge on any atom is -0.478 e. The molecule has 0 atom stereocenters. The molecule has 2 nitrogen and oxygen atoms in total. The van der Waals surface area contributed by atoms with Crippen molar-refractivity contribution in [3.8, 4) is 0 Å². The number of rotatable bonds is 2. The smallest absolute Gasteiger partial charge is 0.337 e. The zero-order valence-electron chi connectivity index (χ0n) is 5.20. The molecule has 10 heavy (non-hydrogen) atoms. The molecule has 0 saturated heterocycles. The van der Waals surface area contributed by atoms with Crippen LogP contribution in [0.4, 0.5) is 0 Å². The van der Waals surface area contributed by atoms with Gasteiger partial charge in [-0.2, -0.15) is 11.3 Å². The number of hydrogen-bond acceptors (Lipinski definition) is 2. The van der Waals surface area contributed by atoms with Gasteiger partial charge in [0, 0.05) is 5.38 Å². The minimum atomic E-state index is -0.892. The van der Waals surface area contributed by atoms with Crippen molar-refractivity contribution in [3.05, 3.63) is 28.5 Å².